The summed E-state index contributed by atoms with van der Waals surface area (Å²) in [5, 5.41) is 11.6. The second kappa shape index (κ2) is 5.69. The van der Waals surface area contributed by atoms with Crippen LogP contribution in [-0.2, 0) is 6.54 Å². The number of benzene rings is 2. The van der Waals surface area contributed by atoms with Crippen LogP contribution in [0.5, 0.6) is 0 Å². The van der Waals surface area contributed by atoms with Crippen LogP contribution in [-0.4, -0.2) is 5.91 Å². The van der Waals surface area contributed by atoms with Gasteiger partial charge in [-0.1, -0.05) is 18.2 Å². The fourth-order valence-electron chi connectivity index (χ4n) is 1.72. The number of amides is 1. The molecule has 19 heavy (non-hydrogen) atoms. The summed E-state index contributed by atoms with van der Waals surface area (Å²) in [7, 11) is 0. The molecule has 0 bridgehead atoms. The van der Waals surface area contributed by atoms with Crippen LogP contribution in [0.2, 0.25) is 0 Å². The van der Waals surface area contributed by atoms with Gasteiger partial charge in [-0.15, -0.1) is 0 Å². The van der Waals surface area contributed by atoms with Crippen molar-refractivity contribution in [3.8, 4) is 6.07 Å². The van der Waals surface area contributed by atoms with Crippen LogP contribution in [0.3, 0.4) is 0 Å². The summed E-state index contributed by atoms with van der Waals surface area (Å²) < 4.78 is 0. The average molecular weight is 251 g/mol. The Morgan fingerprint density at radius 3 is 2.74 bits per heavy atom. The summed E-state index contributed by atoms with van der Waals surface area (Å²) >= 11 is 0. The third kappa shape index (κ3) is 3.33. The summed E-state index contributed by atoms with van der Waals surface area (Å²) in [6.45, 7) is 0.403. The zero-order chi connectivity index (χ0) is 13.7. The van der Waals surface area contributed by atoms with E-state index in [1.165, 1.54) is 0 Å². The Kier molecular flexibility index (Phi) is 3.79. The molecule has 0 spiro atoms. The number of nitrogens with one attached hydrogen (secondary N) is 1. The molecule has 0 saturated heterocycles. The number of carbonyl (C=O) groups excluding carboxylic acids is 1. The minimum atomic E-state index is -0.209. The van der Waals surface area contributed by atoms with E-state index in [0.29, 0.717) is 23.4 Å². The van der Waals surface area contributed by atoms with Gasteiger partial charge >= 0.3 is 0 Å². The lowest BCUT2D eigenvalue weighted by Crippen LogP contribution is -2.22. The van der Waals surface area contributed by atoms with Crippen LogP contribution in [0, 0.1) is 11.3 Å². The molecule has 0 aliphatic carbocycles. The van der Waals surface area contributed by atoms with E-state index < -0.39 is 0 Å². The van der Waals surface area contributed by atoms with E-state index in [1.807, 2.05) is 24.3 Å². The Hall–Kier alpha value is -2.80. The van der Waals surface area contributed by atoms with Gasteiger partial charge in [0.05, 0.1) is 11.6 Å². The third-order valence-electron chi connectivity index (χ3n) is 2.66. The molecule has 0 saturated carbocycles. The van der Waals surface area contributed by atoms with E-state index in [4.69, 9.17) is 11.0 Å². The number of nitriles is 1. The molecule has 1 amide bonds. The van der Waals surface area contributed by atoms with Gasteiger partial charge in [-0.05, 0) is 35.9 Å². The van der Waals surface area contributed by atoms with Gasteiger partial charge in [0.15, 0.2) is 0 Å². The van der Waals surface area contributed by atoms with E-state index in [9.17, 15) is 4.79 Å². The fourth-order valence-corrected chi connectivity index (χ4v) is 1.72. The Morgan fingerprint density at radius 1 is 1.21 bits per heavy atom. The van der Waals surface area contributed by atoms with E-state index in [0.717, 1.165) is 5.56 Å². The van der Waals surface area contributed by atoms with Gasteiger partial charge in [-0.3, -0.25) is 4.79 Å². The highest BCUT2D eigenvalue weighted by Crippen LogP contribution is 2.07. The molecule has 4 nitrogen and oxygen atoms in total. The minimum absolute atomic E-state index is 0.209. The van der Waals surface area contributed by atoms with Crippen molar-refractivity contribution in [3.63, 3.8) is 0 Å². The lowest BCUT2D eigenvalue weighted by molar-refractivity contribution is 0.0951. The number of hydrogen-bond donors (Lipinski definition) is 2. The summed E-state index contributed by atoms with van der Waals surface area (Å²) in [4.78, 5) is 11.9. The Balaban J connectivity index is 2.03. The first-order valence-electron chi connectivity index (χ1n) is 5.82. The molecule has 0 atom stereocenters. The first kappa shape index (κ1) is 12.7. The van der Waals surface area contributed by atoms with Gasteiger partial charge in [0.2, 0.25) is 0 Å². The molecule has 0 fully saturated rings. The van der Waals surface area contributed by atoms with Gasteiger partial charge in [0, 0.05) is 17.8 Å². The molecule has 2 aromatic carbocycles. The maximum Gasteiger partial charge on any atom is 0.251 e. The number of anilines is 1. The molecule has 0 radical (unpaired) electrons. The number of nitrogens with zero attached hydrogens (tertiary/aromatic N) is 1. The number of nitrogens with two attached hydrogens (primary N) is 1. The Bertz CT molecular complexity index is 644. The van der Waals surface area contributed by atoms with Crippen molar-refractivity contribution in [2.75, 3.05) is 5.73 Å². The highest BCUT2D eigenvalue weighted by Gasteiger charge is 2.05. The van der Waals surface area contributed by atoms with Gasteiger partial charge in [0.25, 0.3) is 5.91 Å². The summed E-state index contributed by atoms with van der Waals surface area (Å²) in [6.07, 6.45) is 0. The summed E-state index contributed by atoms with van der Waals surface area (Å²) in [5.41, 5.74) is 8.21. The lowest BCUT2D eigenvalue weighted by Gasteiger charge is -2.06. The van der Waals surface area contributed by atoms with Crippen LogP contribution in [0.15, 0.2) is 48.5 Å². The molecule has 0 aliphatic heterocycles. The molecule has 0 unspecified atom stereocenters. The topological polar surface area (TPSA) is 78.9 Å². The predicted octanol–water partition coefficient (Wildman–Crippen LogP) is 2.07. The molecule has 94 valence electrons. The van der Waals surface area contributed by atoms with Crippen molar-refractivity contribution in [2.24, 2.45) is 0 Å². The molecular weight excluding hydrogens is 238 g/mol. The van der Waals surface area contributed by atoms with E-state index in [1.54, 1.807) is 30.3 Å². The van der Waals surface area contributed by atoms with Gasteiger partial charge in [0.1, 0.15) is 0 Å². The zero-order valence-electron chi connectivity index (χ0n) is 10.3. The predicted molar refractivity (Wildman–Crippen MR) is 73.2 cm³/mol. The van der Waals surface area contributed by atoms with Crippen molar-refractivity contribution >= 4 is 11.6 Å². The van der Waals surface area contributed by atoms with E-state index in [-0.39, 0.29) is 5.91 Å². The highest BCUT2D eigenvalue weighted by molar-refractivity contribution is 5.94. The van der Waals surface area contributed by atoms with E-state index in [2.05, 4.69) is 5.32 Å². The molecular formula is C15H13N3O. The number of carbonyl (C=O) groups is 1. The summed E-state index contributed by atoms with van der Waals surface area (Å²) in [6, 6.07) is 15.9. The Labute approximate surface area is 111 Å². The van der Waals surface area contributed by atoms with Crippen molar-refractivity contribution in [2.45, 2.75) is 6.54 Å². The lowest BCUT2D eigenvalue weighted by atomic mass is 10.1. The van der Waals surface area contributed by atoms with Crippen molar-refractivity contribution in [1.29, 1.82) is 5.26 Å². The minimum Gasteiger partial charge on any atom is -0.399 e. The van der Waals surface area contributed by atoms with Crippen LogP contribution in [0.4, 0.5) is 5.69 Å². The standard InChI is InChI=1S/C15H13N3O/c16-9-11-3-1-5-13(7-11)15(19)18-10-12-4-2-6-14(17)8-12/h1-8H,10,17H2,(H,18,19). The number of hydrogen-bond acceptors (Lipinski definition) is 3. The SMILES string of the molecule is N#Cc1cccc(C(=O)NCc2cccc(N)c2)c1. The van der Waals surface area contributed by atoms with Crippen LogP contribution < -0.4 is 11.1 Å². The molecule has 0 heterocycles. The number of nitrogen functional groups attached to an aromatic ring is 1. The van der Waals surface area contributed by atoms with Gasteiger partial charge in [-0.25, -0.2) is 0 Å². The summed E-state index contributed by atoms with van der Waals surface area (Å²) in [5.74, 6) is -0.209. The molecule has 0 aliphatic rings. The smallest absolute Gasteiger partial charge is 0.251 e. The first-order chi connectivity index (χ1) is 9.19. The largest absolute Gasteiger partial charge is 0.399 e. The van der Waals surface area contributed by atoms with Crippen LogP contribution in [0.1, 0.15) is 21.5 Å². The second-order valence-electron chi connectivity index (χ2n) is 4.12. The zero-order valence-corrected chi connectivity index (χ0v) is 10.3. The third-order valence-corrected chi connectivity index (χ3v) is 2.66. The second-order valence-corrected chi connectivity index (χ2v) is 4.12. The fraction of sp³-hybridized carbons (Fsp3) is 0.0667. The average Bonchev–Trinajstić information content (AvgIpc) is 2.45. The molecule has 2 rings (SSSR count). The van der Waals surface area contributed by atoms with Crippen molar-refractivity contribution in [3.05, 3.63) is 65.2 Å². The quantitative estimate of drug-likeness (QED) is 0.819. The van der Waals surface area contributed by atoms with Crippen LogP contribution in [0.25, 0.3) is 0 Å². The van der Waals surface area contributed by atoms with Crippen molar-refractivity contribution in [1.82, 2.24) is 5.32 Å². The molecule has 2 aromatic rings. The maximum atomic E-state index is 11.9. The monoisotopic (exact) mass is 251 g/mol. The molecule has 0 aromatic heterocycles. The normalized spacial score (nSPS) is 9.63. The Morgan fingerprint density at radius 2 is 2.00 bits per heavy atom. The van der Waals surface area contributed by atoms with Crippen molar-refractivity contribution < 1.29 is 4.79 Å². The highest BCUT2D eigenvalue weighted by atomic mass is 16.1. The van der Waals surface area contributed by atoms with E-state index >= 15 is 0 Å². The van der Waals surface area contributed by atoms with Crippen LogP contribution >= 0.6 is 0 Å². The molecule has 3 N–H and O–H groups in total. The first-order valence-corrected chi connectivity index (χ1v) is 5.82. The van der Waals surface area contributed by atoms with Gasteiger partial charge in [-0.2, -0.15) is 5.26 Å². The molecule has 4 heteroatoms. The van der Waals surface area contributed by atoms with Gasteiger partial charge < -0.3 is 11.1 Å². The maximum absolute atomic E-state index is 11.9. The number of rotatable bonds is 3.